The van der Waals surface area contributed by atoms with Crippen molar-refractivity contribution < 1.29 is 33.3 Å². The highest BCUT2D eigenvalue weighted by Crippen LogP contribution is 1.94. The normalized spacial score (nSPS) is 12.0. The summed E-state index contributed by atoms with van der Waals surface area (Å²) in [5, 5.41) is 4.86. The van der Waals surface area contributed by atoms with E-state index < -0.39 is 0 Å². The van der Waals surface area contributed by atoms with Crippen molar-refractivity contribution in [3.8, 4) is 0 Å². The van der Waals surface area contributed by atoms with Gasteiger partial charge in [-0.3, -0.25) is 9.59 Å². The number of ether oxygens (including phenoxy) is 5. The van der Waals surface area contributed by atoms with Crippen LogP contribution in [0.2, 0.25) is 0 Å². The molecule has 0 heterocycles. The van der Waals surface area contributed by atoms with Crippen LogP contribution in [0.3, 0.4) is 0 Å². The lowest BCUT2D eigenvalue weighted by atomic mass is 10.3. The number of hydrogen-bond donors (Lipinski definition) is 3. The monoisotopic (exact) mass is 410 g/mol. The average molecular weight is 411 g/mol. The molecule has 2 N–H and O–H groups in total. The zero-order valence-corrected chi connectivity index (χ0v) is 17.3. The molecular weight excluding hydrogens is 376 g/mol. The van der Waals surface area contributed by atoms with Crippen molar-refractivity contribution in [2.45, 2.75) is 26.4 Å². The number of hydrogen-bond acceptors (Lipinski definition) is 7. The number of amides is 2. The van der Waals surface area contributed by atoms with E-state index in [9.17, 15) is 9.59 Å². The molecule has 9 nitrogen and oxygen atoms in total. The standard InChI is InChI=1S/C17H34N2O7S/c1-3-15(2)26-14-16(20)18-4-6-22-8-10-24-12-13-25-11-9-23-7-5-19-17(21)27/h15H,3-14H2,1-2H3,(H,18,20)(H2,19,21,27). The zero-order chi connectivity index (χ0) is 20.2. The zero-order valence-electron chi connectivity index (χ0n) is 16.4. The van der Waals surface area contributed by atoms with E-state index >= 15 is 0 Å². The van der Waals surface area contributed by atoms with Crippen LogP contribution >= 0.6 is 12.6 Å². The summed E-state index contributed by atoms with van der Waals surface area (Å²) in [5.41, 5.74) is 0. The van der Waals surface area contributed by atoms with Crippen LogP contribution < -0.4 is 10.6 Å². The minimum atomic E-state index is -0.368. The summed E-state index contributed by atoms with van der Waals surface area (Å²) < 4.78 is 26.6. The summed E-state index contributed by atoms with van der Waals surface area (Å²) in [6.45, 7) is 8.56. The Morgan fingerprint density at radius 1 is 0.815 bits per heavy atom. The lowest BCUT2D eigenvalue weighted by Crippen LogP contribution is -2.32. The van der Waals surface area contributed by atoms with Crippen LogP contribution in [-0.4, -0.2) is 89.8 Å². The number of carbonyl (C=O) groups excluding carboxylic acids is 2. The van der Waals surface area contributed by atoms with Gasteiger partial charge < -0.3 is 34.3 Å². The van der Waals surface area contributed by atoms with E-state index in [4.69, 9.17) is 23.7 Å². The van der Waals surface area contributed by atoms with E-state index in [1.54, 1.807) is 0 Å². The molecule has 0 aromatic carbocycles. The number of nitrogens with one attached hydrogen (secondary N) is 2. The van der Waals surface area contributed by atoms with Crippen molar-refractivity contribution in [3.05, 3.63) is 0 Å². The summed E-state index contributed by atoms with van der Waals surface area (Å²) in [7, 11) is 0. The van der Waals surface area contributed by atoms with Gasteiger partial charge in [0.2, 0.25) is 5.91 Å². The third-order valence-corrected chi connectivity index (χ3v) is 3.44. The van der Waals surface area contributed by atoms with Crippen molar-refractivity contribution in [2.75, 3.05) is 72.6 Å². The first kappa shape index (κ1) is 26.1. The molecule has 0 rings (SSSR count). The Bertz CT molecular complexity index is 375. The SMILES string of the molecule is CCC(C)OCC(=O)NCCOCCOCCOCCOCCNC(=O)S. The highest BCUT2D eigenvalue weighted by atomic mass is 32.1. The highest BCUT2D eigenvalue weighted by Gasteiger charge is 2.04. The molecule has 0 bridgehead atoms. The van der Waals surface area contributed by atoms with Gasteiger partial charge in [0.1, 0.15) is 6.61 Å². The molecule has 1 unspecified atom stereocenters. The van der Waals surface area contributed by atoms with Gasteiger partial charge in [-0.15, -0.1) is 0 Å². The molecule has 0 spiro atoms. The Morgan fingerprint density at radius 2 is 1.26 bits per heavy atom. The molecule has 27 heavy (non-hydrogen) atoms. The molecule has 0 aliphatic rings. The van der Waals surface area contributed by atoms with Gasteiger partial charge in [0.25, 0.3) is 5.24 Å². The number of thiol groups is 1. The molecular formula is C17H34N2O7S. The molecule has 0 aliphatic carbocycles. The predicted octanol–water partition coefficient (Wildman–Crippen LogP) is 0.624. The maximum atomic E-state index is 11.5. The molecule has 1 atom stereocenters. The minimum absolute atomic E-state index is 0.0788. The minimum Gasteiger partial charge on any atom is -0.377 e. The van der Waals surface area contributed by atoms with Gasteiger partial charge in [-0.1, -0.05) is 19.6 Å². The summed E-state index contributed by atoms with van der Waals surface area (Å²) in [4.78, 5) is 22.0. The van der Waals surface area contributed by atoms with Gasteiger partial charge in [0.05, 0.1) is 59.0 Å². The summed E-state index contributed by atoms with van der Waals surface area (Å²) in [6.07, 6.45) is 0.972. The predicted molar refractivity (Wildman–Crippen MR) is 104 cm³/mol. The molecule has 0 aromatic heterocycles. The number of carbonyl (C=O) groups is 2. The van der Waals surface area contributed by atoms with E-state index in [0.29, 0.717) is 65.9 Å². The van der Waals surface area contributed by atoms with E-state index in [2.05, 4.69) is 23.3 Å². The maximum absolute atomic E-state index is 11.5. The van der Waals surface area contributed by atoms with Gasteiger partial charge in [-0.05, 0) is 13.3 Å². The fourth-order valence-corrected chi connectivity index (χ4v) is 1.75. The Balaban J connectivity index is 3.14. The van der Waals surface area contributed by atoms with E-state index in [1.807, 2.05) is 13.8 Å². The van der Waals surface area contributed by atoms with E-state index in [0.717, 1.165) is 6.42 Å². The quantitative estimate of drug-likeness (QED) is 0.212. The largest absolute Gasteiger partial charge is 0.377 e. The Morgan fingerprint density at radius 3 is 1.70 bits per heavy atom. The first-order valence-corrected chi connectivity index (χ1v) is 9.67. The van der Waals surface area contributed by atoms with Gasteiger partial charge in [-0.2, -0.15) is 0 Å². The fourth-order valence-electron chi connectivity index (χ4n) is 1.64. The van der Waals surface area contributed by atoms with Crippen molar-refractivity contribution in [3.63, 3.8) is 0 Å². The second-order valence-corrected chi connectivity index (χ2v) is 5.97. The fraction of sp³-hybridized carbons (Fsp3) is 0.882. The number of rotatable bonds is 19. The van der Waals surface area contributed by atoms with Crippen LogP contribution in [0.15, 0.2) is 0 Å². The van der Waals surface area contributed by atoms with Crippen LogP contribution in [0.25, 0.3) is 0 Å². The van der Waals surface area contributed by atoms with Crippen LogP contribution in [0, 0.1) is 0 Å². The third kappa shape index (κ3) is 21.2. The van der Waals surface area contributed by atoms with Crippen LogP contribution in [0.4, 0.5) is 4.79 Å². The van der Waals surface area contributed by atoms with Crippen molar-refractivity contribution in [1.29, 1.82) is 0 Å². The third-order valence-electron chi connectivity index (χ3n) is 3.28. The molecule has 0 saturated heterocycles. The van der Waals surface area contributed by atoms with E-state index in [-0.39, 0.29) is 23.9 Å². The van der Waals surface area contributed by atoms with Gasteiger partial charge >= 0.3 is 0 Å². The molecule has 0 aliphatic heterocycles. The van der Waals surface area contributed by atoms with Crippen LogP contribution in [-0.2, 0) is 28.5 Å². The first-order valence-electron chi connectivity index (χ1n) is 9.22. The summed E-state index contributed by atoms with van der Waals surface area (Å²) in [5.74, 6) is -0.136. The van der Waals surface area contributed by atoms with Crippen molar-refractivity contribution in [2.24, 2.45) is 0 Å². The average Bonchev–Trinajstić information content (AvgIpc) is 2.65. The Kier molecular flexibility index (Phi) is 19.2. The van der Waals surface area contributed by atoms with Gasteiger partial charge in [-0.25, -0.2) is 0 Å². The molecule has 0 aromatic rings. The molecule has 0 fully saturated rings. The van der Waals surface area contributed by atoms with E-state index in [1.165, 1.54) is 0 Å². The first-order chi connectivity index (χ1) is 13.1. The second kappa shape index (κ2) is 19.8. The summed E-state index contributed by atoms with van der Waals surface area (Å²) >= 11 is 3.57. The van der Waals surface area contributed by atoms with Crippen LogP contribution in [0.5, 0.6) is 0 Å². The smallest absolute Gasteiger partial charge is 0.276 e. The summed E-state index contributed by atoms with van der Waals surface area (Å²) in [6, 6.07) is 0. The molecule has 10 heteroatoms. The lowest BCUT2D eigenvalue weighted by Gasteiger charge is -2.11. The van der Waals surface area contributed by atoms with Crippen molar-refractivity contribution >= 4 is 23.8 Å². The Labute approximate surface area is 167 Å². The second-order valence-electron chi connectivity index (χ2n) is 5.56. The van der Waals surface area contributed by atoms with Crippen molar-refractivity contribution in [1.82, 2.24) is 10.6 Å². The molecule has 160 valence electrons. The van der Waals surface area contributed by atoms with Gasteiger partial charge in [0, 0.05) is 13.1 Å². The highest BCUT2D eigenvalue weighted by molar-refractivity contribution is 7.96. The molecule has 0 saturated carbocycles. The van der Waals surface area contributed by atoms with Crippen LogP contribution in [0.1, 0.15) is 20.3 Å². The molecule has 2 amide bonds. The lowest BCUT2D eigenvalue weighted by molar-refractivity contribution is -0.127. The Hall–Kier alpha value is -0.910. The van der Waals surface area contributed by atoms with Gasteiger partial charge in [0.15, 0.2) is 0 Å². The maximum Gasteiger partial charge on any atom is 0.276 e. The molecule has 0 radical (unpaired) electrons. The topological polar surface area (TPSA) is 104 Å².